The average molecular weight is 341 g/mol. The van der Waals surface area contributed by atoms with Crippen LogP contribution in [0.4, 0.5) is 4.39 Å². The number of H-pyrrole nitrogens is 1. The highest BCUT2D eigenvalue weighted by Gasteiger charge is 2.07. The van der Waals surface area contributed by atoms with E-state index in [0.29, 0.717) is 11.7 Å². The Balaban J connectivity index is 1.50. The molecule has 0 saturated carbocycles. The normalized spacial score (nSPS) is 10.5. The summed E-state index contributed by atoms with van der Waals surface area (Å²) in [6.45, 7) is 0.513. The van der Waals surface area contributed by atoms with E-state index in [4.69, 9.17) is 0 Å². The number of halogens is 1. The number of nitrogens with zero attached hydrogens (tertiary/aromatic N) is 1. The van der Waals surface area contributed by atoms with Gasteiger partial charge in [0.05, 0.1) is 17.6 Å². The minimum absolute atomic E-state index is 0.0522. The van der Waals surface area contributed by atoms with Gasteiger partial charge in [-0.25, -0.2) is 9.37 Å². The molecular weight excluding hydrogens is 325 g/mol. The van der Waals surface area contributed by atoms with Crippen LogP contribution in [0.25, 0.3) is 11.3 Å². The van der Waals surface area contributed by atoms with Crippen LogP contribution in [0.2, 0.25) is 0 Å². The molecule has 2 aromatic carbocycles. The van der Waals surface area contributed by atoms with Crippen molar-refractivity contribution in [2.75, 3.05) is 5.75 Å². The third-order valence-electron chi connectivity index (χ3n) is 3.38. The Hall–Kier alpha value is -2.60. The second-order valence-corrected chi connectivity index (χ2v) is 6.12. The Labute approximate surface area is 143 Å². The molecule has 0 unspecified atom stereocenters. The van der Waals surface area contributed by atoms with Gasteiger partial charge in [-0.1, -0.05) is 42.1 Å². The van der Waals surface area contributed by atoms with Gasteiger partial charge in [-0.15, -0.1) is 0 Å². The molecule has 0 aliphatic heterocycles. The topological polar surface area (TPSA) is 57.8 Å². The minimum Gasteiger partial charge on any atom is -0.351 e. The summed E-state index contributed by atoms with van der Waals surface area (Å²) < 4.78 is 12.9. The Morgan fingerprint density at radius 2 is 1.88 bits per heavy atom. The SMILES string of the molecule is O=C(CSc1ncc(-c2ccc(F)cc2)[nH]1)NCc1ccccc1. The lowest BCUT2D eigenvalue weighted by Crippen LogP contribution is -2.24. The maximum absolute atomic E-state index is 12.9. The van der Waals surface area contributed by atoms with Crippen LogP contribution in [0.5, 0.6) is 0 Å². The van der Waals surface area contributed by atoms with Crippen LogP contribution < -0.4 is 5.32 Å². The van der Waals surface area contributed by atoms with Crippen molar-refractivity contribution in [3.8, 4) is 11.3 Å². The summed E-state index contributed by atoms with van der Waals surface area (Å²) in [4.78, 5) is 19.3. The average Bonchev–Trinajstić information content (AvgIpc) is 3.09. The van der Waals surface area contributed by atoms with E-state index in [1.807, 2.05) is 30.3 Å². The van der Waals surface area contributed by atoms with Crippen LogP contribution in [-0.2, 0) is 11.3 Å². The third kappa shape index (κ3) is 4.45. The summed E-state index contributed by atoms with van der Waals surface area (Å²) >= 11 is 1.33. The van der Waals surface area contributed by atoms with Crippen molar-refractivity contribution in [3.05, 3.63) is 72.2 Å². The van der Waals surface area contributed by atoms with E-state index in [0.717, 1.165) is 16.8 Å². The minimum atomic E-state index is -0.275. The maximum Gasteiger partial charge on any atom is 0.230 e. The van der Waals surface area contributed by atoms with Crippen molar-refractivity contribution in [1.82, 2.24) is 15.3 Å². The molecule has 1 heterocycles. The molecule has 6 heteroatoms. The molecule has 24 heavy (non-hydrogen) atoms. The standard InChI is InChI=1S/C18H16FN3OS/c19-15-8-6-14(7-9-15)16-11-21-18(22-16)24-12-17(23)20-10-13-4-2-1-3-5-13/h1-9,11H,10,12H2,(H,20,23)(H,21,22). The molecule has 0 radical (unpaired) electrons. The van der Waals surface area contributed by atoms with Crippen LogP contribution in [0.1, 0.15) is 5.56 Å². The number of aromatic nitrogens is 2. The molecule has 3 rings (SSSR count). The number of nitrogens with one attached hydrogen (secondary N) is 2. The van der Waals surface area contributed by atoms with E-state index in [1.54, 1.807) is 18.3 Å². The highest BCUT2D eigenvalue weighted by molar-refractivity contribution is 7.99. The number of thioether (sulfide) groups is 1. The summed E-state index contributed by atoms with van der Waals surface area (Å²) in [5.41, 5.74) is 2.71. The Bertz CT molecular complexity index is 803. The van der Waals surface area contributed by atoms with Gasteiger partial charge >= 0.3 is 0 Å². The molecule has 3 aromatic rings. The molecule has 0 saturated heterocycles. The lowest BCUT2D eigenvalue weighted by atomic mass is 10.2. The van der Waals surface area contributed by atoms with Gasteiger partial charge in [0.2, 0.25) is 5.91 Å². The molecule has 0 aliphatic carbocycles. The summed E-state index contributed by atoms with van der Waals surface area (Å²) in [6, 6.07) is 15.9. The summed E-state index contributed by atoms with van der Waals surface area (Å²) in [6.07, 6.45) is 1.68. The number of benzene rings is 2. The number of amides is 1. The molecule has 0 atom stereocenters. The molecule has 0 bridgehead atoms. The molecule has 122 valence electrons. The first-order chi connectivity index (χ1) is 11.7. The van der Waals surface area contributed by atoms with Crippen molar-refractivity contribution in [2.24, 2.45) is 0 Å². The van der Waals surface area contributed by atoms with Crippen molar-refractivity contribution in [1.29, 1.82) is 0 Å². The van der Waals surface area contributed by atoms with E-state index < -0.39 is 0 Å². The monoisotopic (exact) mass is 341 g/mol. The smallest absolute Gasteiger partial charge is 0.230 e. The van der Waals surface area contributed by atoms with Crippen LogP contribution in [0.15, 0.2) is 66.0 Å². The number of carbonyl (C=O) groups excluding carboxylic acids is 1. The Morgan fingerprint density at radius 3 is 2.62 bits per heavy atom. The van der Waals surface area contributed by atoms with E-state index in [9.17, 15) is 9.18 Å². The highest BCUT2D eigenvalue weighted by Crippen LogP contribution is 2.21. The van der Waals surface area contributed by atoms with Crippen LogP contribution >= 0.6 is 11.8 Å². The van der Waals surface area contributed by atoms with Gasteiger partial charge in [-0.2, -0.15) is 0 Å². The van der Waals surface area contributed by atoms with E-state index in [-0.39, 0.29) is 17.5 Å². The van der Waals surface area contributed by atoms with Gasteiger partial charge in [-0.3, -0.25) is 4.79 Å². The fourth-order valence-electron chi connectivity index (χ4n) is 2.13. The van der Waals surface area contributed by atoms with Crippen molar-refractivity contribution in [2.45, 2.75) is 11.7 Å². The predicted molar refractivity (Wildman–Crippen MR) is 93.0 cm³/mol. The summed E-state index contributed by atoms with van der Waals surface area (Å²) in [7, 11) is 0. The highest BCUT2D eigenvalue weighted by atomic mass is 32.2. The molecule has 0 spiro atoms. The second-order valence-electron chi connectivity index (χ2n) is 5.16. The zero-order valence-corrected chi connectivity index (χ0v) is 13.6. The number of aromatic amines is 1. The van der Waals surface area contributed by atoms with Gasteiger partial charge in [0, 0.05) is 6.54 Å². The lowest BCUT2D eigenvalue weighted by Gasteiger charge is -2.04. The van der Waals surface area contributed by atoms with E-state index in [1.165, 1.54) is 23.9 Å². The second kappa shape index (κ2) is 7.79. The number of rotatable bonds is 6. The van der Waals surface area contributed by atoms with Gasteiger partial charge in [0.25, 0.3) is 0 Å². The van der Waals surface area contributed by atoms with Crippen molar-refractivity contribution in [3.63, 3.8) is 0 Å². The van der Waals surface area contributed by atoms with Crippen LogP contribution in [-0.4, -0.2) is 21.6 Å². The lowest BCUT2D eigenvalue weighted by molar-refractivity contribution is -0.118. The first-order valence-corrected chi connectivity index (χ1v) is 8.43. The molecule has 1 amide bonds. The van der Waals surface area contributed by atoms with Gasteiger partial charge in [-0.05, 0) is 35.4 Å². The Kier molecular flexibility index (Phi) is 5.28. The quantitative estimate of drug-likeness (QED) is 0.673. The zero-order chi connectivity index (χ0) is 16.8. The van der Waals surface area contributed by atoms with Gasteiger partial charge in [0.1, 0.15) is 5.82 Å². The molecule has 0 fully saturated rings. The molecule has 1 aromatic heterocycles. The van der Waals surface area contributed by atoms with Crippen LogP contribution in [0.3, 0.4) is 0 Å². The number of hydrogen-bond acceptors (Lipinski definition) is 3. The predicted octanol–water partition coefficient (Wildman–Crippen LogP) is 3.62. The molecule has 0 aliphatic rings. The van der Waals surface area contributed by atoms with Crippen molar-refractivity contribution < 1.29 is 9.18 Å². The summed E-state index contributed by atoms with van der Waals surface area (Å²) in [5.74, 6) is -0.0463. The van der Waals surface area contributed by atoms with Crippen molar-refractivity contribution >= 4 is 17.7 Å². The van der Waals surface area contributed by atoms with Gasteiger partial charge in [0.15, 0.2) is 5.16 Å². The third-order valence-corrected chi connectivity index (χ3v) is 4.27. The maximum atomic E-state index is 12.9. The number of hydrogen-bond donors (Lipinski definition) is 2. The molecular formula is C18H16FN3OS. The largest absolute Gasteiger partial charge is 0.351 e. The fourth-order valence-corrected chi connectivity index (χ4v) is 2.81. The first kappa shape index (κ1) is 16.3. The first-order valence-electron chi connectivity index (χ1n) is 7.45. The Morgan fingerprint density at radius 1 is 1.12 bits per heavy atom. The zero-order valence-electron chi connectivity index (χ0n) is 12.8. The summed E-state index contributed by atoms with van der Waals surface area (Å²) in [5, 5.41) is 3.53. The number of imidazole rings is 1. The molecule has 4 nitrogen and oxygen atoms in total. The molecule has 2 N–H and O–H groups in total. The fraction of sp³-hybridized carbons (Fsp3) is 0.111. The van der Waals surface area contributed by atoms with Gasteiger partial charge < -0.3 is 10.3 Å². The van der Waals surface area contributed by atoms with E-state index in [2.05, 4.69) is 15.3 Å². The van der Waals surface area contributed by atoms with Crippen LogP contribution in [0, 0.1) is 5.82 Å². The van der Waals surface area contributed by atoms with E-state index >= 15 is 0 Å². The number of carbonyl (C=O) groups is 1.